The van der Waals surface area contributed by atoms with Crippen molar-refractivity contribution in [2.75, 3.05) is 30.9 Å². The lowest BCUT2D eigenvalue weighted by atomic mass is 9.78. The van der Waals surface area contributed by atoms with Crippen molar-refractivity contribution in [1.29, 1.82) is 0 Å². The minimum Gasteiger partial charge on any atom is -0.367 e. The van der Waals surface area contributed by atoms with Gasteiger partial charge in [-0.2, -0.15) is 0 Å². The van der Waals surface area contributed by atoms with Crippen molar-refractivity contribution in [2.45, 2.75) is 38.1 Å². The summed E-state index contributed by atoms with van der Waals surface area (Å²) in [7, 11) is 0. The quantitative estimate of drug-likeness (QED) is 0.253. The lowest BCUT2D eigenvalue weighted by molar-refractivity contribution is 0.128. The molecule has 2 aliphatic rings. The van der Waals surface area contributed by atoms with E-state index in [0.717, 1.165) is 36.2 Å². The largest absolute Gasteiger partial charge is 0.367 e. The summed E-state index contributed by atoms with van der Waals surface area (Å²) in [5.41, 5.74) is 1.35. The van der Waals surface area contributed by atoms with E-state index in [1.807, 2.05) is 18.6 Å². The fourth-order valence-electron chi connectivity index (χ4n) is 4.27. The predicted molar refractivity (Wildman–Crippen MR) is 128 cm³/mol. The predicted octanol–water partition coefficient (Wildman–Crippen LogP) is 5.37. The first-order chi connectivity index (χ1) is 14.2. The van der Waals surface area contributed by atoms with Crippen LogP contribution in [0.25, 0.3) is 5.65 Å². The Balaban J connectivity index is 1.40. The smallest absolute Gasteiger partial charge is 0.211 e. The Morgan fingerprint density at radius 3 is 2.66 bits per heavy atom. The average molecular weight is 538 g/mol. The summed E-state index contributed by atoms with van der Waals surface area (Å²) in [6.45, 7) is 2.95. The first-order valence-electron chi connectivity index (χ1n) is 9.81. The Morgan fingerprint density at radius 1 is 1.14 bits per heavy atom. The number of piperidine rings is 1. The Morgan fingerprint density at radius 2 is 1.93 bits per heavy atom. The number of rotatable bonds is 4. The molecule has 152 valence electrons. The van der Waals surface area contributed by atoms with Gasteiger partial charge in [-0.3, -0.25) is 4.40 Å². The molecule has 0 aliphatic carbocycles. The van der Waals surface area contributed by atoms with Gasteiger partial charge in [-0.25, -0.2) is 9.97 Å². The number of nitrogens with zero attached hydrogens (tertiary/aromatic N) is 4. The number of imidazole rings is 1. The van der Waals surface area contributed by atoms with Gasteiger partial charge >= 0.3 is 0 Å². The molecular formula is C21H23IN4OS2. The lowest BCUT2D eigenvalue weighted by Gasteiger charge is -2.38. The van der Waals surface area contributed by atoms with E-state index in [0.29, 0.717) is 9.53 Å². The molecule has 0 N–H and O–H groups in total. The molecule has 0 radical (unpaired) electrons. The Labute approximate surface area is 193 Å². The molecule has 0 saturated carbocycles. The molecule has 2 aliphatic heterocycles. The van der Waals surface area contributed by atoms with Gasteiger partial charge in [0.1, 0.15) is 4.11 Å². The maximum atomic E-state index is 5.87. The maximum Gasteiger partial charge on any atom is 0.211 e. The molecule has 1 spiro atoms. The Kier molecular flexibility index (Phi) is 5.70. The monoisotopic (exact) mass is 538 g/mol. The summed E-state index contributed by atoms with van der Waals surface area (Å²) in [5, 5.41) is 0. The fraction of sp³-hybridized carbons (Fsp3) is 0.429. The molecule has 3 aromatic rings. The van der Waals surface area contributed by atoms with Gasteiger partial charge in [0, 0.05) is 46.9 Å². The number of fused-ring (bicyclic) bond motifs is 1. The number of thioether (sulfide) groups is 1. The number of alkyl halides is 1. The van der Waals surface area contributed by atoms with Gasteiger partial charge in [0.05, 0.1) is 11.5 Å². The van der Waals surface area contributed by atoms with Crippen molar-refractivity contribution in [3.05, 3.63) is 42.9 Å². The minimum atomic E-state index is 0.369. The molecule has 1 atom stereocenters. The molecule has 2 saturated heterocycles. The van der Waals surface area contributed by atoms with Gasteiger partial charge in [0.25, 0.3) is 0 Å². The lowest BCUT2D eigenvalue weighted by Crippen LogP contribution is -2.41. The zero-order chi connectivity index (χ0) is 19.8. The van der Waals surface area contributed by atoms with Gasteiger partial charge in [-0.05, 0) is 37.7 Å². The highest BCUT2D eigenvalue weighted by molar-refractivity contribution is 14.1. The Bertz CT molecular complexity index is 1020. The van der Waals surface area contributed by atoms with Gasteiger partial charge in [0.15, 0.2) is 5.65 Å². The van der Waals surface area contributed by atoms with Crippen LogP contribution in [-0.2, 0) is 4.74 Å². The van der Waals surface area contributed by atoms with Gasteiger partial charge < -0.3 is 9.64 Å². The van der Waals surface area contributed by atoms with Crippen LogP contribution in [0.3, 0.4) is 0 Å². The van der Waals surface area contributed by atoms with Crippen LogP contribution >= 0.6 is 46.1 Å². The van der Waals surface area contributed by atoms with Gasteiger partial charge in [-0.15, -0.1) is 11.8 Å². The van der Waals surface area contributed by atoms with Crippen molar-refractivity contribution in [3.63, 3.8) is 0 Å². The highest BCUT2D eigenvalue weighted by Gasteiger charge is 2.42. The molecule has 0 amide bonds. The van der Waals surface area contributed by atoms with Crippen LogP contribution in [0.15, 0.2) is 57.5 Å². The van der Waals surface area contributed by atoms with Crippen molar-refractivity contribution in [1.82, 2.24) is 14.4 Å². The molecule has 4 heterocycles. The van der Waals surface area contributed by atoms with Crippen LogP contribution in [0.5, 0.6) is 0 Å². The molecule has 0 bridgehead atoms. The fourth-order valence-corrected chi connectivity index (χ4v) is 7.14. The van der Waals surface area contributed by atoms with E-state index in [9.17, 15) is 0 Å². The van der Waals surface area contributed by atoms with E-state index in [4.69, 9.17) is 9.72 Å². The van der Waals surface area contributed by atoms with Gasteiger partial charge in [0.2, 0.25) is 5.95 Å². The van der Waals surface area contributed by atoms with Crippen molar-refractivity contribution in [3.8, 4) is 0 Å². The molecule has 5 rings (SSSR count). The zero-order valence-corrected chi connectivity index (χ0v) is 20.0. The summed E-state index contributed by atoms with van der Waals surface area (Å²) in [5.74, 6) is 1.000. The van der Waals surface area contributed by atoms with E-state index in [2.05, 4.69) is 67.4 Å². The average Bonchev–Trinajstić information content (AvgIpc) is 3.37. The van der Waals surface area contributed by atoms with Crippen molar-refractivity contribution >= 4 is 57.7 Å². The summed E-state index contributed by atoms with van der Waals surface area (Å²) < 4.78 is 8.39. The number of aromatic nitrogens is 3. The van der Waals surface area contributed by atoms with Crippen LogP contribution in [-0.4, -0.2) is 44.4 Å². The number of benzene rings is 1. The van der Waals surface area contributed by atoms with Crippen LogP contribution in [0.1, 0.15) is 19.3 Å². The first kappa shape index (κ1) is 20.0. The topological polar surface area (TPSA) is 42.7 Å². The molecule has 29 heavy (non-hydrogen) atoms. The van der Waals surface area contributed by atoms with Crippen molar-refractivity contribution < 1.29 is 4.74 Å². The number of anilines is 1. The molecule has 5 nitrogen and oxygen atoms in total. The van der Waals surface area contributed by atoms with E-state index in [-0.39, 0.29) is 0 Å². The minimum absolute atomic E-state index is 0.369. The third kappa shape index (κ3) is 3.88. The first-order valence-corrected chi connectivity index (χ1v) is 13.1. The maximum absolute atomic E-state index is 5.87. The summed E-state index contributed by atoms with van der Waals surface area (Å²) in [6.07, 6.45) is 11.5. The van der Waals surface area contributed by atoms with Crippen LogP contribution in [0.2, 0.25) is 0 Å². The van der Waals surface area contributed by atoms with Crippen LogP contribution < -0.4 is 4.90 Å². The molecule has 1 aromatic carbocycles. The standard InChI is InChI=1S/C21H23IN4OS2/c1-28-15-4-2-3-5-16(15)29-17-13-24-20(26-11-8-23-19(17)26)25-9-6-21(7-10-25)12-18(22)27-14-21/h2-5,8,11,13,18H,6-7,9-10,12,14H2,1H3/t18-/m1/s1. The molecular weight excluding hydrogens is 515 g/mol. The SMILES string of the molecule is CSc1ccccc1Sc1cnc(N2CCC3(CC2)CO[C@@H](I)C3)n2ccnc12. The molecule has 8 heteroatoms. The number of hydrogen-bond acceptors (Lipinski definition) is 6. The van der Waals surface area contributed by atoms with E-state index < -0.39 is 0 Å². The van der Waals surface area contributed by atoms with Crippen LogP contribution in [0, 0.1) is 5.41 Å². The van der Waals surface area contributed by atoms with E-state index in [1.54, 1.807) is 23.5 Å². The molecule has 2 aromatic heterocycles. The Hall–Kier alpha value is -0.970. The second-order valence-electron chi connectivity index (χ2n) is 7.71. The van der Waals surface area contributed by atoms with E-state index in [1.165, 1.54) is 29.1 Å². The third-order valence-corrected chi connectivity index (χ3v) is 8.74. The highest BCUT2D eigenvalue weighted by Crippen LogP contribution is 2.44. The second-order valence-corrected chi connectivity index (χ2v) is 11.0. The number of halogens is 1. The summed E-state index contributed by atoms with van der Waals surface area (Å²) >= 11 is 5.94. The summed E-state index contributed by atoms with van der Waals surface area (Å²) in [6, 6.07) is 8.50. The van der Waals surface area contributed by atoms with Crippen LogP contribution in [0.4, 0.5) is 5.95 Å². The molecule has 0 unspecified atom stereocenters. The number of hydrogen-bond donors (Lipinski definition) is 0. The zero-order valence-electron chi connectivity index (χ0n) is 16.3. The number of ether oxygens (including phenoxy) is 1. The second kappa shape index (κ2) is 8.28. The normalized spacial score (nSPS) is 21.3. The highest BCUT2D eigenvalue weighted by atomic mass is 127. The molecule has 2 fully saturated rings. The van der Waals surface area contributed by atoms with Crippen molar-refractivity contribution in [2.24, 2.45) is 5.41 Å². The summed E-state index contributed by atoms with van der Waals surface area (Å²) in [4.78, 5) is 15.5. The third-order valence-electron chi connectivity index (χ3n) is 5.93. The van der Waals surface area contributed by atoms with Gasteiger partial charge in [-0.1, -0.05) is 46.5 Å². The van der Waals surface area contributed by atoms with E-state index >= 15 is 0 Å².